The average molecular weight is 284 g/mol. The average Bonchev–Trinajstić information content (AvgIpc) is 2.16. The Balaban J connectivity index is 2.78. The highest BCUT2D eigenvalue weighted by Crippen LogP contribution is 2.24. The van der Waals surface area contributed by atoms with E-state index in [1.54, 1.807) is 0 Å². The molecule has 88 valence electrons. The lowest BCUT2D eigenvalue weighted by molar-refractivity contribution is -0.129. The van der Waals surface area contributed by atoms with Crippen LogP contribution in [0.1, 0.15) is 39.3 Å². The number of benzene rings is 1. The van der Waals surface area contributed by atoms with E-state index >= 15 is 0 Å². The van der Waals surface area contributed by atoms with E-state index in [4.69, 9.17) is 0 Å². The molecule has 0 aliphatic carbocycles. The fourth-order valence-electron chi connectivity index (χ4n) is 1.32. The summed E-state index contributed by atoms with van der Waals surface area (Å²) in [5.74, 6) is 0.0655. The molecular weight excluding hydrogens is 266 g/mol. The fourth-order valence-corrected chi connectivity index (χ4v) is 1.95. The lowest BCUT2D eigenvalue weighted by atomic mass is 9.95. The van der Waals surface area contributed by atoms with E-state index in [1.165, 1.54) is 0 Å². The molecule has 1 N–H and O–H groups in total. The van der Waals surface area contributed by atoms with Crippen molar-refractivity contribution in [1.29, 1.82) is 0 Å². The van der Waals surface area contributed by atoms with Crippen molar-refractivity contribution < 1.29 is 4.79 Å². The zero-order chi connectivity index (χ0) is 12.3. The Morgan fingerprint density at radius 2 is 1.88 bits per heavy atom. The summed E-state index contributed by atoms with van der Waals surface area (Å²) in [6.07, 6.45) is 0. The smallest absolute Gasteiger partial charge is 0.225 e. The number of halogens is 1. The molecule has 1 aromatic rings. The van der Waals surface area contributed by atoms with Gasteiger partial charge in [-0.25, -0.2) is 0 Å². The van der Waals surface area contributed by atoms with Gasteiger partial charge in [-0.1, -0.05) is 54.9 Å². The summed E-state index contributed by atoms with van der Waals surface area (Å²) >= 11 is 3.49. The molecule has 0 saturated heterocycles. The summed E-state index contributed by atoms with van der Waals surface area (Å²) in [5, 5.41) is 3.01. The number of hydrogen-bond acceptors (Lipinski definition) is 1. The SMILES string of the molecule is C[C@@H](NC(=O)C(C)(C)C)c1ccccc1Br. The van der Waals surface area contributed by atoms with Gasteiger partial charge in [0.1, 0.15) is 0 Å². The first-order valence-corrected chi connectivity index (χ1v) is 6.17. The van der Waals surface area contributed by atoms with Crippen LogP contribution in [0.4, 0.5) is 0 Å². The molecule has 2 nitrogen and oxygen atoms in total. The number of nitrogens with one attached hydrogen (secondary N) is 1. The van der Waals surface area contributed by atoms with Crippen LogP contribution in [0.5, 0.6) is 0 Å². The van der Waals surface area contributed by atoms with E-state index in [0.29, 0.717) is 0 Å². The fraction of sp³-hybridized carbons (Fsp3) is 0.462. The molecule has 0 aliphatic heterocycles. The molecule has 1 atom stereocenters. The monoisotopic (exact) mass is 283 g/mol. The van der Waals surface area contributed by atoms with E-state index in [2.05, 4.69) is 21.2 Å². The minimum absolute atomic E-state index is 0.0160. The minimum atomic E-state index is -0.352. The molecule has 1 rings (SSSR count). The Bertz CT molecular complexity index is 382. The molecule has 0 aromatic heterocycles. The second-order valence-electron chi connectivity index (χ2n) is 4.97. The number of amides is 1. The third-order valence-electron chi connectivity index (χ3n) is 2.40. The molecule has 1 aromatic carbocycles. The highest BCUT2D eigenvalue weighted by Gasteiger charge is 2.23. The first-order chi connectivity index (χ1) is 7.32. The van der Waals surface area contributed by atoms with Crippen LogP contribution in [0.3, 0.4) is 0 Å². The van der Waals surface area contributed by atoms with Crippen LogP contribution >= 0.6 is 15.9 Å². The van der Waals surface area contributed by atoms with Crippen molar-refractivity contribution in [3.63, 3.8) is 0 Å². The van der Waals surface area contributed by atoms with Gasteiger partial charge in [-0.15, -0.1) is 0 Å². The van der Waals surface area contributed by atoms with Crippen LogP contribution < -0.4 is 5.32 Å². The van der Waals surface area contributed by atoms with E-state index in [9.17, 15) is 4.79 Å². The van der Waals surface area contributed by atoms with Crippen molar-refractivity contribution in [2.45, 2.75) is 33.7 Å². The Labute approximate surface area is 106 Å². The standard InChI is InChI=1S/C13H18BrNO/c1-9(15-12(16)13(2,3)4)10-7-5-6-8-11(10)14/h5-9H,1-4H3,(H,15,16)/t9-/m1/s1. The lowest BCUT2D eigenvalue weighted by Gasteiger charge is -2.22. The maximum Gasteiger partial charge on any atom is 0.225 e. The van der Waals surface area contributed by atoms with Crippen LogP contribution in [0, 0.1) is 5.41 Å². The quantitative estimate of drug-likeness (QED) is 0.882. The van der Waals surface area contributed by atoms with Gasteiger partial charge in [-0.05, 0) is 18.6 Å². The van der Waals surface area contributed by atoms with Gasteiger partial charge in [-0.3, -0.25) is 4.79 Å². The predicted octanol–water partition coefficient (Wildman–Crippen LogP) is 3.67. The van der Waals surface area contributed by atoms with Gasteiger partial charge in [0, 0.05) is 9.89 Å². The van der Waals surface area contributed by atoms with Crippen molar-refractivity contribution in [3.05, 3.63) is 34.3 Å². The summed E-state index contributed by atoms with van der Waals surface area (Å²) < 4.78 is 1.02. The van der Waals surface area contributed by atoms with Gasteiger partial charge in [0.25, 0.3) is 0 Å². The highest BCUT2D eigenvalue weighted by atomic mass is 79.9. The van der Waals surface area contributed by atoms with Crippen LogP contribution in [-0.4, -0.2) is 5.91 Å². The number of carbonyl (C=O) groups excluding carboxylic acids is 1. The summed E-state index contributed by atoms with van der Waals surface area (Å²) in [6, 6.07) is 7.95. The second-order valence-corrected chi connectivity index (χ2v) is 5.82. The molecule has 0 heterocycles. The van der Waals surface area contributed by atoms with E-state index in [1.807, 2.05) is 52.0 Å². The minimum Gasteiger partial charge on any atom is -0.349 e. The van der Waals surface area contributed by atoms with Gasteiger partial charge < -0.3 is 5.32 Å². The summed E-state index contributed by atoms with van der Waals surface area (Å²) in [6.45, 7) is 7.73. The summed E-state index contributed by atoms with van der Waals surface area (Å²) in [4.78, 5) is 11.8. The van der Waals surface area contributed by atoms with Gasteiger partial charge >= 0.3 is 0 Å². The Kier molecular flexibility index (Phi) is 4.14. The van der Waals surface area contributed by atoms with Gasteiger partial charge in [0.05, 0.1) is 6.04 Å². The summed E-state index contributed by atoms with van der Waals surface area (Å²) in [5.41, 5.74) is 0.746. The van der Waals surface area contributed by atoms with Crippen molar-refractivity contribution in [2.24, 2.45) is 5.41 Å². The van der Waals surface area contributed by atoms with Crippen LogP contribution in [-0.2, 0) is 4.79 Å². The Morgan fingerprint density at radius 1 is 1.31 bits per heavy atom. The van der Waals surface area contributed by atoms with Crippen LogP contribution in [0.2, 0.25) is 0 Å². The van der Waals surface area contributed by atoms with E-state index in [0.717, 1.165) is 10.0 Å². The molecular formula is C13H18BrNO. The van der Waals surface area contributed by atoms with Gasteiger partial charge in [0.15, 0.2) is 0 Å². The molecule has 0 spiro atoms. The molecule has 0 fully saturated rings. The Morgan fingerprint density at radius 3 is 2.38 bits per heavy atom. The number of carbonyl (C=O) groups is 1. The number of rotatable bonds is 2. The maximum absolute atomic E-state index is 11.8. The molecule has 0 radical (unpaired) electrons. The molecule has 16 heavy (non-hydrogen) atoms. The molecule has 1 amide bonds. The van der Waals surface area contributed by atoms with Crippen LogP contribution in [0.15, 0.2) is 28.7 Å². The maximum atomic E-state index is 11.8. The first kappa shape index (κ1) is 13.2. The first-order valence-electron chi connectivity index (χ1n) is 5.38. The molecule has 0 bridgehead atoms. The Hall–Kier alpha value is -0.830. The van der Waals surface area contributed by atoms with E-state index in [-0.39, 0.29) is 17.4 Å². The van der Waals surface area contributed by atoms with Crippen molar-refractivity contribution in [2.75, 3.05) is 0 Å². The molecule has 0 saturated carbocycles. The second kappa shape index (κ2) is 5.00. The molecule has 0 unspecified atom stereocenters. The topological polar surface area (TPSA) is 29.1 Å². The predicted molar refractivity (Wildman–Crippen MR) is 70.2 cm³/mol. The van der Waals surface area contributed by atoms with Crippen LogP contribution in [0.25, 0.3) is 0 Å². The third-order valence-corrected chi connectivity index (χ3v) is 3.12. The normalized spacial score (nSPS) is 13.3. The third kappa shape index (κ3) is 3.34. The zero-order valence-electron chi connectivity index (χ0n) is 10.2. The van der Waals surface area contributed by atoms with Crippen molar-refractivity contribution >= 4 is 21.8 Å². The lowest BCUT2D eigenvalue weighted by Crippen LogP contribution is -2.36. The van der Waals surface area contributed by atoms with Crippen molar-refractivity contribution in [1.82, 2.24) is 5.32 Å². The summed E-state index contributed by atoms with van der Waals surface area (Å²) in [7, 11) is 0. The van der Waals surface area contributed by atoms with Gasteiger partial charge in [-0.2, -0.15) is 0 Å². The molecule has 3 heteroatoms. The van der Waals surface area contributed by atoms with Crippen molar-refractivity contribution in [3.8, 4) is 0 Å². The van der Waals surface area contributed by atoms with Gasteiger partial charge in [0.2, 0.25) is 5.91 Å². The highest BCUT2D eigenvalue weighted by molar-refractivity contribution is 9.10. The largest absolute Gasteiger partial charge is 0.349 e. The number of hydrogen-bond donors (Lipinski definition) is 1. The molecule has 0 aliphatic rings. The van der Waals surface area contributed by atoms with E-state index < -0.39 is 0 Å². The zero-order valence-corrected chi connectivity index (χ0v) is 11.8.